The molecule has 2 aromatic carbocycles. The number of aromatic amines is 1. The van der Waals surface area contributed by atoms with E-state index >= 15 is 0 Å². The summed E-state index contributed by atoms with van der Waals surface area (Å²) in [6.07, 6.45) is 2.06. The van der Waals surface area contributed by atoms with Crippen molar-refractivity contribution in [1.82, 2.24) is 15.0 Å². The summed E-state index contributed by atoms with van der Waals surface area (Å²) in [7, 11) is 0. The van der Waals surface area contributed by atoms with Gasteiger partial charge in [0.1, 0.15) is 0 Å². The smallest absolute Gasteiger partial charge is 0.231 e. The third-order valence-electron chi connectivity index (χ3n) is 3.93. The highest BCUT2D eigenvalue weighted by Gasteiger charge is 2.08. The van der Waals surface area contributed by atoms with Gasteiger partial charge in [-0.2, -0.15) is 0 Å². The van der Waals surface area contributed by atoms with Crippen molar-refractivity contribution in [2.45, 2.75) is 6.42 Å². The van der Waals surface area contributed by atoms with E-state index in [1.807, 2.05) is 66.7 Å². The van der Waals surface area contributed by atoms with Crippen molar-refractivity contribution in [3.8, 4) is 11.3 Å². The van der Waals surface area contributed by atoms with Gasteiger partial charge in [-0.3, -0.25) is 15.1 Å². The Morgan fingerprint density at radius 3 is 2.52 bits per heavy atom. The van der Waals surface area contributed by atoms with Gasteiger partial charge in [0.15, 0.2) is 0 Å². The molecule has 2 aromatic heterocycles. The molecule has 0 atom stereocenters. The molecule has 0 spiro atoms. The highest BCUT2D eigenvalue weighted by Crippen LogP contribution is 2.18. The van der Waals surface area contributed by atoms with E-state index in [1.165, 1.54) is 0 Å². The molecule has 1 amide bonds. The molecule has 2 heterocycles. The van der Waals surface area contributed by atoms with Crippen molar-refractivity contribution in [3.05, 3.63) is 78.5 Å². The van der Waals surface area contributed by atoms with Crippen LogP contribution in [0.2, 0.25) is 0 Å². The molecule has 0 bridgehead atoms. The summed E-state index contributed by atoms with van der Waals surface area (Å²) in [4.78, 5) is 24.0. The molecule has 0 aliphatic heterocycles. The first-order chi connectivity index (χ1) is 12.3. The first-order valence-electron chi connectivity index (χ1n) is 8.03. The van der Waals surface area contributed by atoms with Crippen molar-refractivity contribution in [2.75, 3.05) is 5.32 Å². The third-order valence-corrected chi connectivity index (χ3v) is 3.93. The van der Waals surface area contributed by atoms with Crippen molar-refractivity contribution < 1.29 is 4.79 Å². The Hall–Kier alpha value is -3.47. The third kappa shape index (κ3) is 3.40. The lowest BCUT2D eigenvalue weighted by Gasteiger charge is -2.04. The second-order valence-corrected chi connectivity index (χ2v) is 5.74. The van der Waals surface area contributed by atoms with Crippen LogP contribution in [0.25, 0.3) is 22.3 Å². The van der Waals surface area contributed by atoms with Crippen LogP contribution in [0.5, 0.6) is 0 Å². The Labute approximate surface area is 144 Å². The molecular weight excluding hydrogens is 312 g/mol. The van der Waals surface area contributed by atoms with Crippen LogP contribution in [0.3, 0.4) is 0 Å². The summed E-state index contributed by atoms with van der Waals surface area (Å²) in [5.41, 5.74) is 4.62. The normalized spacial score (nSPS) is 10.7. The monoisotopic (exact) mass is 328 g/mol. The number of nitrogens with zero attached hydrogens (tertiary/aromatic N) is 2. The Morgan fingerprint density at radius 2 is 1.76 bits per heavy atom. The average molecular weight is 328 g/mol. The van der Waals surface area contributed by atoms with Crippen LogP contribution in [-0.2, 0) is 11.2 Å². The molecule has 4 rings (SSSR count). The number of aromatic nitrogens is 3. The number of hydrogen-bond acceptors (Lipinski definition) is 3. The number of rotatable bonds is 4. The highest BCUT2D eigenvalue weighted by molar-refractivity contribution is 5.92. The number of H-pyrrole nitrogens is 1. The lowest BCUT2D eigenvalue weighted by Crippen LogP contribution is -2.15. The molecular formula is C20H16N4O. The van der Waals surface area contributed by atoms with E-state index in [1.54, 1.807) is 6.20 Å². The summed E-state index contributed by atoms with van der Waals surface area (Å²) in [5, 5.41) is 2.81. The number of carbonyl (C=O) groups excluding carboxylic acids is 1. The lowest BCUT2D eigenvalue weighted by molar-refractivity contribution is -0.115. The minimum atomic E-state index is -0.107. The second-order valence-electron chi connectivity index (χ2n) is 5.74. The number of anilines is 1. The standard InChI is InChI=1S/C20H16N4O/c25-19(24-20-22-17-6-1-2-7-18(17)23-20)13-14-8-10-15(11-9-14)16-5-3-4-12-21-16/h1-12H,13H2,(H2,22,23,24,25). The van der Waals surface area contributed by atoms with E-state index in [-0.39, 0.29) is 5.91 Å². The highest BCUT2D eigenvalue weighted by atomic mass is 16.1. The van der Waals surface area contributed by atoms with E-state index in [0.717, 1.165) is 27.9 Å². The van der Waals surface area contributed by atoms with Gasteiger partial charge < -0.3 is 4.98 Å². The first kappa shape index (κ1) is 15.1. The number of hydrogen-bond donors (Lipinski definition) is 2. The number of pyridine rings is 1. The lowest BCUT2D eigenvalue weighted by atomic mass is 10.1. The molecule has 25 heavy (non-hydrogen) atoms. The van der Waals surface area contributed by atoms with Crippen molar-refractivity contribution in [2.24, 2.45) is 0 Å². The van der Waals surface area contributed by atoms with Gasteiger partial charge in [-0.05, 0) is 29.8 Å². The molecule has 0 aliphatic rings. The van der Waals surface area contributed by atoms with Crippen LogP contribution in [0.4, 0.5) is 5.95 Å². The zero-order valence-corrected chi connectivity index (χ0v) is 13.4. The number of nitrogens with one attached hydrogen (secondary N) is 2. The fourth-order valence-corrected chi connectivity index (χ4v) is 2.70. The second kappa shape index (κ2) is 6.57. The van der Waals surface area contributed by atoms with E-state index in [9.17, 15) is 4.79 Å². The molecule has 5 heteroatoms. The zero-order chi connectivity index (χ0) is 17.1. The number of carbonyl (C=O) groups is 1. The van der Waals surface area contributed by atoms with Gasteiger partial charge in [-0.1, -0.05) is 42.5 Å². The Kier molecular flexibility index (Phi) is 3.96. The Bertz CT molecular complexity index is 974. The molecule has 0 aliphatic carbocycles. The summed E-state index contributed by atoms with van der Waals surface area (Å²) in [6, 6.07) is 21.3. The van der Waals surface area contributed by atoms with Crippen LogP contribution >= 0.6 is 0 Å². The maximum atomic E-state index is 12.2. The number of para-hydroxylation sites is 2. The number of imidazole rings is 1. The van der Waals surface area contributed by atoms with Crippen LogP contribution < -0.4 is 5.32 Å². The fraction of sp³-hybridized carbons (Fsp3) is 0.0500. The van der Waals surface area contributed by atoms with E-state index in [0.29, 0.717) is 12.4 Å². The summed E-state index contributed by atoms with van der Waals surface area (Å²) in [6.45, 7) is 0. The average Bonchev–Trinajstić information content (AvgIpc) is 3.05. The number of benzene rings is 2. The SMILES string of the molecule is O=C(Cc1ccc(-c2ccccn2)cc1)Nc1nc2ccccc2[nH]1. The number of amides is 1. The molecule has 0 radical (unpaired) electrons. The van der Waals surface area contributed by atoms with Gasteiger partial charge in [-0.15, -0.1) is 0 Å². The minimum absolute atomic E-state index is 0.107. The quantitative estimate of drug-likeness (QED) is 0.598. The van der Waals surface area contributed by atoms with E-state index in [2.05, 4.69) is 20.3 Å². The van der Waals surface area contributed by atoms with Crippen LogP contribution in [0.1, 0.15) is 5.56 Å². The van der Waals surface area contributed by atoms with E-state index in [4.69, 9.17) is 0 Å². The maximum absolute atomic E-state index is 12.2. The minimum Gasteiger partial charge on any atom is -0.324 e. The van der Waals surface area contributed by atoms with Gasteiger partial charge in [0, 0.05) is 11.8 Å². The van der Waals surface area contributed by atoms with Crippen molar-refractivity contribution in [1.29, 1.82) is 0 Å². The summed E-state index contributed by atoms with van der Waals surface area (Å²) in [5.74, 6) is 0.362. The van der Waals surface area contributed by atoms with Crippen molar-refractivity contribution >= 4 is 22.9 Å². The van der Waals surface area contributed by atoms with Gasteiger partial charge in [0.2, 0.25) is 11.9 Å². The van der Waals surface area contributed by atoms with Gasteiger partial charge in [0.25, 0.3) is 0 Å². The number of fused-ring (bicyclic) bond motifs is 1. The Morgan fingerprint density at radius 1 is 0.960 bits per heavy atom. The fourth-order valence-electron chi connectivity index (χ4n) is 2.70. The first-order valence-corrected chi connectivity index (χ1v) is 8.03. The largest absolute Gasteiger partial charge is 0.324 e. The van der Waals surface area contributed by atoms with Crippen molar-refractivity contribution in [3.63, 3.8) is 0 Å². The maximum Gasteiger partial charge on any atom is 0.231 e. The van der Waals surface area contributed by atoms with E-state index < -0.39 is 0 Å². The summed E-state index contributed by atoms with van der Waals surface area (Å²) < 4.78 is 0. The molecule has 2 N–H and O–H groups in total. The van der Waals surface area contributed by atoms with Crippen LogP contribution in [0, 0.1) is 0 Å². The molecule has 4 aromatic rings. The van der Waals surface area contributed by atoms with Crippen LogP contribution in [-0.4, -0.2) is 20.9 Å². The van der Waals surface area contributed by atoms with Gasteiger partial charge >= 0.3 is 0 Å². The Balaban J connectivity index is 1.43. The van der Waals surface area contributed by atoms with Gasteiger partial charge in [-0.25, -0.2) is 4.98 Å². The molecule has 5 nitrogen and oxygen atoms in total. The predicted molar refractivity (Wildman–Crippen MR) is 98.1 cm³/mol. The van der Waals surface area contributed by atoms with Crippen LogP contribution in [0.15, 0.2) is 72.9 Å². The zero-order valence-electron chi connectivity index (χ0n) is 13.4. The van der Waals surface area contributed by atoms with Gasteiger partial charge in [0.05, 0.1) is 23.1 Å². The topological polar surface area (TPSA) is 70.7 Å². The summed E-state index contributed by atoms with van der Waals surface area (Å²) >= 11 is 0. The molecule has 122 valence electrons. The molecule has 0 saturated heterocycles. The molecule has 0 saturated carbocycles. The predicted octanol–water partition coefficient (Wildman–Crippen LogP) is 3.81. The molecule has 0 fully saturated rings. The molecule has 0 unspecified atom stereocenters.